The molecule has 2 heterocycles. The van der Waals surface area contributed by atoms with E-state index >= 15 is 0 Å². The third kappa shape index (κ3) is 4.80. The molecule has 0 fully saturated rings. The lowest BCUT2D eigenvalue weighted by Crippen LogP contribution is -1.94. The molecule has 56 heavy (non-hydrogen) atoms. The Labute approximate surface area is 327 Å². The highest BCUT2D eigenvalue weighted by Gasteiger charge is 2.16. The van der Waals surface area contributed by atoms with E-state index in [1.165, 1.54) is 108 Å². The fourth-order valence-corrected chi connectivity index (χ4v) is 10.2. The summed E-state index contributed by atoms with van der Waals surface area (Å²) in [4.78, 5) is 0. The van der Waals surface area contributed by atoms with Crippen LogP contribution in [0.15, 0.2) is 200 Å². The maximum atomic E-state index is 2.44. The highest BCUT2D eigenvalue weighted by molar-refractivity contribution is 7.25. The van der Waals surface area contributed by atoms with Crippen molar-refractivity contribution in [2.24, 2.45) is 0 Å². The van der Waals surface area contributed by atoms with E-state index in [2.05, 4.69) is 205 Å². The van der Waals surface area contributed by atoms with Gasteiger partial charge in [0, 0.05) is 36.6 Å². The Morgan fingerprint density at radius 3 is 1.45 bits per heavy atom. The Bertz CT molecular complexity index is 3510. The van der Waals surface area contributed by atoms with Gasteiger partial charge in [-0.05, 0) is 120 Å². The first-order chi connectivity index (χ1) is 27.7. The molecule has 10 aromatic carbocycles. The number of nitrogens with zero attached hydrogens (tertiary/aromatic N) is 1. The van der Waals surface area contributed by atoms with Crippen LogP contribution in [0.25, 0.3) is 113 Å². The quantitative estimate of drug-likeness (QED) is 0.159. The summed E-state index contributed by atoms with van der Waals surface area (Å²) in [5.41, 5.74) is 10.9. The van der Waals surface area contributed by atoms with Gasteiger partial charge in [0.1, 0.15) is 0 Å². The number of fused-ring (bicyclic) bond motifs is 12. The van der Waals surface area contributed by atoms with Crippen molar-refractivity contribution in [2.75, 3.05) is 0 Å². The third-order valence-corrected chi connectivity index (χ3v) is 12.9. The Morgan fingerprint density at radius 2 is 0.714 bits per heavy atom. The Balaban J connectivity index is 0.987. The molecule has 2 heteroatoms. The van der Waals surface area contributed by atoms with Gasteiger partial charge in [-0.15, -0.1) is 11.3 Å². The minimum Gasteiger partial charge on any atom is -0.309 e. The molecule has 1 nitrogen and oxygen atoms in total. The minimum atomic E-state index is 1.16. The molecule has 0 aliphatic carbocycles. The highest BCUT2D eigenvalue weighted by Crippen LogP contribution is 2.41. The first kappa shape index (κ1) is 31.4. The zero-order chi connectivity index (χ0) is 36.7. The number of aromatic nitrogens is 1. The Hall–Kier alpha value is -7.00. The number of rotatable bonds is 4. The molecule has 0 atom stereocenters. The van der Waals surface area contributed by atoms with Gasteiger partial charge in [-0.3, -0.25) is 0 Å². The lowest BCUT2D eigenvalue weighted by Gasteiger charge is -2.13. The Kier molecular flexibility index (Phi) is 6.87. The fraction of sp³-hybridized carbons (Fsp3) is 0. The van der Waals surface area contributed by atoms with E-state index in [4.69, 9.17) is 0 Å². The second-order valence-corrected chi connectivity index (χ2v) is 16.0. The van der Waals surface area contributed by atoms with E-state index in [9.17, 15) is 0 Å². The molecule has 2 aromatic heterocycles. The minimum absolute atomic E-state index is 1.16. The van der Waals surface area contributed by atoms with Gasteiger partial charge in [-0.25, -0.2) is 0 Å². The number of hydrogen-bond acceptors (Lipinski definition) is 1. The van der Waals surface area contributed by atoms with Gasteiger partial charge >= 0.3 is 0 Å². The van der Waals surface area contributed by atoms with Crippen molar-refractivity contribution in [3.63, 3.8) is 0 Å². The molecule has 0 aliphatic rings. The molecule has 12 aromatic rings. The summed E-state index contributed by atoms with van der Waals surface area (Å²) in [5, 5.41) is 12.9. The average molecular weight is 728 g/mol. The van der Waals surface area contributed by atoms with E-state index in [1.807, 2.05) is 11.3 Å². The largest absolute Gasteiger partial charge is 0.309 e. The molecule has 0 saturated heterocycles. The number of thiophene rings is 1. The summed E-state index contributed by atoms with van der Waals surface area (Å²) in [6, 6.07) is 74.1. The zero-order valence-corrected chi connectivity index (χ0v) is 31.2. The molecule has 0 saturated carbocycles. The summed E-state index contributed by atoms with van der Waals surface area (Å²) < 4.78 is 5.10. The number of benzene rings is 10. The summed E-state index contributed by atoms with van der Waals surface area (Å²) >= 11 is 1.87. The van der Waals surface area contributed by atoms with Gasteiger partial charge in [0.25, 0.3) is 0 Å². The van der Waals surface area contributed by atoms with Crippen molar-refractivity contribution in [3.8, 4) is 39.1 Å². The second-order valence-electron chi connectivity index (χ2n) is 14.9. The van der Waals surface area contributed by atoms with Gasteiger partial charge < -0.3 is 4.57 Å². The van der Waals surface area contributed by atoms with Crippen LogP contribution in [0, 0.1) is 0 Å². The van der Waals surface area contributed by atoms with Crippen molar-refractivity contribution in [1.29, 1.82) is 0 Å². The van der Waals surface area contributed by atoms with Gasteiger partial charge in [0.05, 0.1) is 11.0 Å². The summed E-state index contributed by atoms with van der Waals surface area (Å²) in [7, 11) is 0. The molecule has 0 spiro atoms. The summed E-state index contributed by atoms with van der Waals surface area (Å²) in [5.74, 6) is 0. The maximum absolute atomic E-state index is 2.44. The molecule has 260 valence electrons. The van der Waals surface area contributed by atoms with Crippen LogP contribution < -0.4 is 0 Å². The maximum Gasteiger partial charge on any atom is 0.0547 e. The predicted molar refractivity (Wildman–Crippen MR) is 242 cm³/mol. The van der Waals surface area contributed by atoms with Crippen molar-refractivity contribution in [2.45, 2.75) is 0 Å². The SMILES string of the molecule is c1cc(-c2ccc3c4ccccc4c4ccccc4c3c2)cc(-c2ccc3c4ccccc4n(-c4cccc(-c5ccc6sc7ccccc7c6c5)c4)c3c2)c1. The topological polar surface area (TPSA) is 4.93 Å². The Morgan fingerprint density at radius 1 is 0.250 bits per heavy atom. The van der Waals surface area contributed by atoms with Crippen LogP contribution in [0.1, 0.15) is 0 Å². The van der Waals surface area contributed by atoms with Gasteiger partial charge in [0.15, 0.2) is 0 Å². The number of hydrogen-bond donors (Lipinski definition) is 0. The van der Waals surface area contributed by atoms with E-state index in [-0.39, 0.29) is 0 Å². The standard InChI is InChI=1S/C54H33NS/c1-2-17-43-41(15-1)42-16-3-4-18-44(42)49-31-37(23-26-45(43)49)34-11-9-12-35(29-34)39-24-27-47-46-19-5-7-21-51(46)55(52(47)33-39)40-14-10-13-36(30-40)38-25-28-54-50(32-38)48-20-6-8-22-53(48)56-54/h1-33H. The lowest BCUT2D eigenvalue weighted by molar-refractivity contribution is 1.18. The lowest BCUT2D eigenvalue weighted by atomic mass is 9.91. The molecule has 12 rings (SSSR count). The fourth-order valence-electron chi connectivity index (χ4n) is 9.12. The normalized spacial score (nSPS) is 11.9. The highest BCUT2D eigenvalue weighted by atomic mass is 32.1. The van der Waals surface area contributed by atoms with Crippen LogP contribution in [0.5, 0.6) is 0 Å². The predicted octanol–water partition coefficient (Wildman–Crippen LogP) is 15.6. The van der Waals surface area contributed by atoms with Crippen LogP contribution in [0.4, 0.5) is 0 Å². The summed E-state index contributed by atoms with van der Waals surface area (Å²) in [6.45, 7) is 0. The van der Waals surface area contributed by atoms with Crippen molar-refractivity contribution in [1.82, 2.24) is 4.57 Å². The first-order valence-electron chi connectivity index (χ1n) is 19.2. The average Bonchev–Trinajstić information content (AvgIpc) is 3.81. The molecule has 0 unspecified atom stereocenters. The monoisotopic (exact) mass is 727 g/mol. The molecule has 0 amide bonds. The summed E-state index contributed by atoms with van der Waals surface area (Å²) in [6.07, 6.45) is 0. The van der Waals surface area contributed by atoms with Crippen LogP contribution in [0.3, 0.4) is 0 Å². The van der Waals surface area contributed by atoms with E-state index in [0.717, 1.165) is 5.69 Å². The van der Waals surface area contributed by atoms with Crippen LogP contribution >= 0.6 is 11.3 Å². The van der Waals surface area contributed by atoms with E-state index in [0.29, 0.717) is 0 Å². The van der Waals surface area contributed by atoms with E-state index < -0.39 is 0 Å². The molecule has 0 radical (unpaired) electrons. The number of para-hydroxylation sites is 1. The smallest absolute Gasteiger partial charge is 0.0547 e. The van der Waals surface area contributed by atoms with E-state index in [1.54, 1.807) is 0 Å². The van der Waals surface area contributed by atoms with Crippen LogP contribution in [-0.2, 0) is 0 Å². The second kappa shape index (κ2) is 12.3. The molecule has 0 bridgehead atoms. The van der Waals surface area contributed by atoms with Crippen LogP contribution in [0.2, 0.25) is 0 Å². The third-order valence-electron chi connectivity index (χ3n) is 11.8. The van der Waals surface area contributed by atoms with Gasteiger partial charge in [-0.2, -0.15) is 0 Å². The van der Waals surface area contributed by atoms with Crippen LogP contribution in [-0.4, -0.2) is 4.57 Å². The van der Waals surface area contributed by atoms with Gasteiger partial charge in [0.2, 0.25) is 0 Å². The molecular weight excluding hydrogens is 695 g/mol. The molecular formula is C54H33NS. The zero-order valence-electron chi connectivity index (χ0n) is 30.4. The van der Waals surface area contributed by atoms with Crippen molar-refractivity contribution < 1.29 is 0 Å². The first-order valence-corrected chi connectivity index (χ1v) is 20.1. The molecule has 0 aliphatic heterocycles. The van der Waals surface area contributed by atoms with Gasteiger partial charge in [-0.1, -0.05) is 146 Å². The molecule has 0 N–H and O–H groups in total. The van der Waals surface area contributed by atoms with Crippen molar-refractivity contribution >= 4 is 85.6 Å². The van der Waals surface area contributed by atoms with Crippen molar-refractivity contribution in [3.05, 3.63) is 200 Å².